The van der Waals surface area contributed by atoms with Crippen molar-refractivity contribution in [2.75, 3.05) is 19.3 Å². The molecule has 0 amide bonds. The highest BCUT2D eigenvalue weighted by Crippen LogP contribution is 2.25. The first-order chi connectivity index (χ1) is 10.8. The molecule has 3 rings (SSSR count). The maximum absolute atomic E-state index is 4.31. The normalized spacial score (nSPS) is 18.6. The predicted octanol–water partition coefficient (Wildman–Crippen LogP) is 3.40. The Balaban J connectivity index is 1.54. The van der Waals surface area contributed by atoms with E-state index in [-0.39, 0.29) is 0 Å². The summed E-state index contributed by atoms with van der Waals surface area (Å²) in [6.45, 7) is 1.80. The second-order valence-electron chi connectivity index (χ2n) is 5.62. The van der Waals surface area contributed by atoms with E-state index in [1.807, 2.05) is 7.05 Å². The second kappa shape index (κ2) is 7.54. The van der Waals surface area contributed by atoms with Gasteiger partial charge >= 0.3 is 0 Å². The molecule has 1 aliphatic rings. The van der Waals surface area contributed by atoms with Crippen molar-refractivity contribution in [2.45, 2.75) is 24.6 Å². The van der Waals surface area contributed by atoms with Gasteiger partial charge < -0.3 is 10.6 Å². The van der Waals surface area contributed by atoms with Gasteiger partial charge in [-0.15, -0.1) is 0 Å². The van der Waals surface area contributed by atoms with Gasteiger partial charge in [-0.3, -0.25) is 4.99 Å². The minimum Gasteiger partial charge on any atom is -0.355 e. The van der Waals surface area contributed by atoms with E-state index in [0.717, 1.165) is 24.3 Å². The zero-order chi connectivity index (χ0) is 15.2. The molecule has 116 valence electrons. The number of fused-ring (bicyclic) bond motifs is 1. The number of nitrogens with one attached hydrogen (secondary N) is 2. The molecule has 2 N–H and O–H groups in total. The Kier molecular flexibility index (Phi) is 5.22. The molecule has 0 aromatic heterocycles. The lowest BCUT2D eigenvalue weighted by atomic mass is 10.1. The zero-order valence-electron chi connectivity index (χ0n) is 13.0. The molecule has 1 aliphatic heterocycles. The van der Waals surface area contributed by atoms with Gasteiger partial charge in [0, 0.05) is 25.4 Å². The Labute approximate surface area is 136 Å². The number of hydrogen-bond acceptors (Lipinski definition) is 2. The number of nitrogens with zero attached hydrogens (tertiary/aromatic N) is 1. The fraction of sp³-hybridized carbons (Fsp3) is 0.389. The van der Waals surface area contributed by atoms with Gasteiger partial charge in [-0.1, -0.05) is 36.4 Å². The lowest BCUT2D eigenvalue weighted by Crippen LogP contribution is -2.39. The van der Waals surface area contributed by atoms with Crippen LogP contribution in [0.1, 0.15) is 18.4 Å². The molecule has 1 atom stereocenters. The standard InChI is InChI=1S/C18H23N3S/c1-19-18(21-13-17-7-4-10-22-17)20-12-14-8-9-15-5-2-3-6-16(15)11-14/h2-3,5-6,8-9,11,17H,4,7,10,12-13H2,1H3,(H2,19,20,21). The SMILES string of the molecule is CN=C(NCc1ccc2ccccc2c1)NCC1CCCS1. The van der Waals surface area contributed by atoms with Crippen molar-refractivity contribution in [3.05, 3.63) is 48.0 Å². The Morgan fingerprint density at radius 2 is 2.05 bits per heavy atom. The van der Waals surface area contributed by atoms with Crippen molar-refractivity contribution in [2.24, 2.45) is 4.99 Å². The van der Waals surface area contributed by atoms with E-state index in [1.54, 1.807) is 0 Å². The van der Waals surface area contributed by atoms with Crippen LogP contribution in [0.25, 0.3) is 10.8 Å². The van der Waals surface area contributed by atoms with Crippen molar-refractivity contribution in [3.8, 4) is 0 Å². The molecule has 2 aromatic rings. The molecule has 0 radical (unpaired) electrons. The Morgan fingerprint density at radius 1 is 1.18 bits per heavy atom. The summed E-state index contributed by atoms with van der Waals surface area (Å²) >= 11 is 2.07. The fourth-order valence-electron chi connectivity index (χ4n) is 2.77. The summed E-state index contributed by atoms with van der Waals surface area (Å²) < 4.78 is 0. The molecule has 3 nitrogen and oxygen atoms in total. The van der Waals surface area contributed by atoms with Gasteiger partial charge in [0.1, 0.15) is 0 Å². The fourth-order valence-corrected chi connectivity index (χ4v) is 3.97. The number of benzene rings is 2. The molecule has 2 aromatic carbocycles. The van der Waals surface area contributed by atoms with Crippen LogP contribution in [0, 0.1) is 0 Å². The number of thioether (sulfide) groups is 1. The third-order valence-corrected chi connectivity index (χ3v) is 5.42. The molecule has 1 saturated heterocycles. The monoisotopic (exact) mass is 313 g/mol. The van der Waals surface area contributed by atoms with E-state index in [2.05, 4.69) is 69.9 Å². The minimum absolute atomic E-state index is 0.735. The topological polar surface area (TPSA) is 36.4 Å². The summed E-state index contributed by atoms with van der Waals surface area (Å²) in [5.74, 6) is 2.19. The molecular weight excluding hydrogens is 290 g/mol. The molecular formula is C18H23N3S. The number of aliphatic imine (C=N–C) groups is 1. The van der Waals surface area contributed by atoms with Crippen LogP contribution in [0.15, 0.2) is 47.5 Å². The van der Waals surface area contributed by atoms with Gasteiger partial charge in [0.15, 0.2) is 5.96 Å². The molecule has 22 heavy (non-hydrogen) atoms. The molecule has 0 saturated carbocycles. The quantitative estimate of drug-likeness (QED) is 0.671. The number of hydrogen-bond donors (Lipinski definition) is 2. The summed E-state index contributed by atoms with van der Waals surface area (Å²) in [6, 6.07) is 15.1. The highest BCUT2D eigenvalue weighted by atomic mass is 32.2. The van der Waals surface area contributed by atoms with Gasteiger partial charge in [0.05, 0.1) is 0 Å². The van der Waals surface area contributed by atoms with Crippen LogP contribution < -0.4 is 10.6 Å². The molecule has 1 unspecified atom stereocenters. The molecule has 0 bridgehead atoms. The maximum atomic E-state index is 4.31. The van der Waals surface area contributed by atoms with E-state index >= 15 is 0 Å². The van der Waals surface area contributed by atoms with Crippen LogP contribution in [0.5, 0.6) is 0 Å². The Bertz CT molecular complexity index is 648. The van der Waals surface area contributed by atoms with E-state index in [0.29, 0.717) is 0 Å². The Hall–Kier alpha value is -1.68. The van der Waals surface area contributed by atoms with Gasteiger partial charge in [-0.2, -0.15) is 11.8 Å². The van der Waals surface area contributed by atoms with Crippen LogP contribution in [0.4, 0.5) is 0 Å². The first kappa shape index (κ1) is 15.2. The molecule has 1 fully saturated rings. The van der Waals surface area contributed by atoms with Crippen LogP contribution in [0.2, 0.25) is 0 Å². The third-order valence-electron chi connectivity index (χ3n) is 4.02. The van der Waals surface area contributed by atoms with Crippen LogP contribution in [-0.2, 0) is 6.54 Å². The Morgan fingerprint density at radius 3 is 2.82 bits per heavy atom. The highest BCUT2D eigenvalue weighted by Gasteiger charge is 2.15. The number of rotatable bonds is 4. The average molecular weight is 313 g/mol. The van der Waals surface area contributed by atoms with Crippen LogP contribution >= 0.6 is 11.8 Å². The first-order valence-corrected chi connectivity index (χ1v) is 8.94. The first-order valence-electron chi connectivity index (χ1n) is 7.89. The third kappa shape index (κ3) is 3.95. The average Bonchev–Trinajstić information content (AvgIpc) is 3.08. The van der Waals surface area contributed by atoms with Crippen molar-refractivity contribution >= 4 is 28.5 Å². The highest BCUT2D eigenvalue weighted by molar-refractivity contribution is 8.00. The van der Waals surface area contributed by atoms with E-state index < -0.39 is 0 Å². The van der Waals surface area contributed by atoms with E-state index in [4.69, 9.17) is 0 Å². The molecule has 1 heterocycles. The summed E-state index contributed by atoms with van der Waals surface area (Å²) in [4.78, 5) is 4.31. The van der Waals surface area contributed by atoms with Gasteiger partial charge in [-0.25, -0.2) is 0 Å². The molecule has 4 heteroatoms. The van der Waals surface area contributed by atoms with Gasteiger partial charge in [-0.05, 0) is 41.0 Å². The second-order valence-corrected chi connectivity index (χ2v) is 7.03. The van der Waals surface area contributed by atoms with Crippen LogP contribution in [-0.4, -0.2) is 30.6 Å². The predicted molar refractivity (Wildman–Crippen MR) is 97.6 cm³/mol. The van der Waals surface area contributed by atoms with Crippen molar-refractivity contribution in [1.82, 2.24) is 10.6 Å². The van der Waals surface area contributed by atoms with E-state index in [1.165, 1.54) is 34.9 Å². The largest absolute Gasteiger partial charge is 0.355 e. The minimum atomic E-state index is 0.735. The van der Waals surface area contributed by atoms with Gasteiger partial charge in [0.2, 0.25) is 0 Å². The van der Waals surface area contributed by atoms with Gasteiger partial charge in [0.25, 0.3) is 0 Å². The smallest absolute Gasteiger partial charge is 0.191 e. The maximum Gasteiger partial charge on any atom is 0.191 e. The van der Waals surface area contributed by atoms with Crippen molar-refractivity contribution < 1.29 is 0 Å². The van der Waals surface area contributed by atoms with E-state index in [9.17, 15) is 0 Å². The summed E-state index contributed by atoms with van der Waals surface area (Å²) in [7, 11) is 1.83. The summed E-state index contributed by atoms with van der Waals surface area (Å²) in [6.07, 6.45) is 2.67. The van der Waals surface area contributed by atoms with Crippen molar-refractivity contribution in [3.63, 3.8) is 0 Å². The number of guanidine groups is 1. The summed E-state index contributed by atoms with van der Waals surface area (Å²) in [5, 5.41) is 10.1. The molecule has 0 aliphatic carbocycles. The lowest BCUT2D eigenvalue weighted by Gasteiger charge is -2.15. The lowest BCUT2D eigenvalue weighted by molar-refractivity contribution is 0.726. The summed E-state index contributed by atoms with van der Waals surface area (Å²) in [5.41, 5.74) is 1.27. The van der Waals surface area contributed by atoms with Crippen LogP contribution in [0.3, 0.4) is 0 Å². The van der Waals surface area contributed by atoms with Crippen molar-refractivity contribution in [1.29, 1.82) is 0 Å². The zero-order valence-corrected chi connectivity index (χ0v) is 13.8. The molecule has 0 spiro atoms.